The summed E-state index contributed by atoms with van der Waals surface area (Å²) in [7, 11) is 1.74. The van der Waals surface area contributed by atoms with Crippen LogP contribution >= 0.6 is 0 Å². The van der Waals surface area contributed by atoms with Gasteiger partial charge in [-0.1, -0.05) is 24.3 Å². The van der Waals surface area contributed by atoms with Crippen LogP contribution in [0, 0.1) is 6.92 Å². The minimum atomic E-state index is -3.61. The highest BCUT2D eigenvalue weighted by Gasteiger charge is 2.32. The number of aromatic nitrogens is 4. The minimum absolute atomic E-state index is 0.315. The number of methoxy groups -OCH3 is 2. The predicted octanol–water partition coefficient (Wildman–Crippen LogP) is 4.93. The number of piperazine rings is 1. The van der Waals surface area contributed by atoms with Crippen LogP contribution in [-0.4, -0.2) is 118 Å². The Morgan fingerprint density at radius 1 is 0.772 bits per heavy atom. The van der Waals surface area contributed by atoms with Crippen molar-refractivity contribution < 1.29 is 22.6 Å². The van der Waals surface area contributed by atoms with Gasteiger partial charge in [-0.25, -0.2) is 23.4 Å². The van der Waals surface area contributed by atoms with Gasteiger partial charge in [0.05, 0.1) is 38.0 Å². The first-order valence-electron chi connectivity index (χ1n) is 19.3. The Kier molecular flexibility index (Phi) is 11.2. The molecule has 0 radical (unpaired) electrons. The number of anilines is 4. The van der Waals surface area contributed by atoms with Crippen LogP contribution in [0.3, 0.4) is 0 Å². The van der Waals surface area contributed by atoms with Crippen LogP contribution in [0.15, 0.2) is 84.0 Å². The van der Waals surface area contributed by atoms with Crippen LogP contribution in [-0.2, 0) is 34.3 Å². The normalized spacial score (nSPS) is 16.4. The van der Waals surface area contributed by atoms with Gasteiger partial charge >= 0.3 is 0 Å². The van der Waals surface area contributed by atoms with Crippen molar-refractivity contribution in [2.45, 2.75) is 31.3 Å². The molecule has 14 nitrogen and oxygen atoms in total. The second-order valence-electron chi connectivity index (χ2n) is 14.7. The van der Waals surface area contributed by atoms with E-state index in [1.54, 1.807) is 30.7 Å². The smallest absolute Gasteiger partial charge is 0.243 e. The van der Waals surface area contributed by atoms with E-state index in [9.17, 15) is 8.42 Å². The average Bonchev–Trinajstić information content (AvgIpc) is 3.68. The minimum Gasteiger partial charge on any atom is -0.497 e. The van der Waals surface area contributed by atoms with E-state index in [1.807, 2.05) is 56.7 Å². The monoisotopic (exact) mass is 791 g/mol. The molecule has 0 N–H and O–H groups in total. The van der Waals surface area contributed by atoms with Gasteiger partial charge in [0.15, 0.2) is 0 Å². The first-order valence-corrected chi connectivity index (χ1v) is 20.8. The fourth-order valence-electron chi connectivity index (χ4n) is 7.60. The number of hydrogen-bond donors (Lipinski definition) is 0. The molecule has 3 aliphatic rings. The highest BCUT2D eigenvalue weighted by atomic mass is 32.2. The molecule has 5 aromatic rings. The molecule has 0 bridgehead atoms. The van der Waals surface area contributed by atoms with Crippen molar-refractivity contribution in [3.05, 3.63) is 101 Å². The van der Waals surface area contributed by atoms with Gasteiger partial charge in [0.1, 0.15) is 17.3 Å². The molecule has 15 heteroatoms. The standard InChI is InChI=1S/C42H49N9O5S/c1-30-25-36(57(52,53)50-19-17-47(2)18-20-50)13-14-38(30)51-16-15-37-39(45-42(46-40(37)51)48-21-23-56-24-22-48)33-26-43-41(44-27-33)49(28-31-5-9-34(54-3)10-6-31)29-32-7-11-35(55-4)12-8-32/h5-14,25-27H,15-24,28-29H2,1-4H3. The summed E-state index contributed by atoms with van der Waals surface area (Å²) in [5, 5.41) is 0. The molecule has 298 valence electrons. The largest absolute Gasteiger partial charge is 0.497 e. The van der Waals surface area contributed by atoms with E-state index in [4.69, 9.17) is 34.1 Å². The van der Waals surface area contributed by atoms with Crippen molar-refractivity contribution in [2.75, 3.05) is 95.0 Å². The molecule has 8 rings (SSSR count). The number of aryl methyl sites for hydroxylation is 1. The van der Waals surface area contributed by atoms with Crippen LogP contribution < -0.4 is 24.2 Å². The Hall–Kier alpha value is -5.35. The zero-order valence-electron chi connectivity index (χ0n) is 33.0. The predicted molar refractivity (Wildman–Crippen MR) is 220 cm³/mol. The Morgan fingerprint density at radius 3 is 1.96 bits per heavy atom. The van der Waals surface area contributed by atoms with E-state index in [1.165, 1.54) is 0 Å². The summed E-state index contributed by atoms with van der Waals surface area (Å²) in [6.45, 7) is 8.76. The van der Waals surface area contributed by atoms with Crippen LogP contribution in [0.4, 0.5) is 23.4 Å². The van der Waals surface area contributed by atoms with Crippen molar-refractivity contribution in [2.24, 2.45) is 0 Å². The molecule has 0 atom stereocenters. The summed E-state index contributed by atoms with van der Waals surface area (Å²) >= 11 is 0. The first kappa shape index (κ1) is 38.5. The molecule has 2 aromatic heterocycles. The van der Waals surface area contributed by atoms with Gasteiger partial charge in [-0.05, 0) is 79.5 Å². The lowest BCUT2D eigenvalue weighted by atomic mass is 10.1. The number of hydrogen-bond acceptors (Lipinski definition) is 13. The van der Waals surface area contributed by atoms with Gasteiger partial charge in [0.2, 0.25) is 21.9 Å². The van der Waals surface area contributed by atoms with Crippen molar-refractivity contribution in [1.82, 2.24) is 29.1 Å². The maximum atomic E-state index is 13.6. The quantitative estimate of drug-likeness (QED) is 0.170. The molecular weight excluding hydrogens is 743 g/mol. The molecular formula is C42H49N9O5S. The van der Waals surface area contributed by atoms with Crippen LogP contribution in [0.1, 0.15) is 22.3 Å². The van der Waals surface area contributed by atoms with E-state index in [-0.39, 0.29) is 0 Å². The first-order chi connectivity index (χ1) is 27.7. The van der Waals surface area contributed by atoms with E-state index in [0.29, 0.717) is 95.3 Å². The molecule has 0 unspecified atom stereocenters. The summed E-state index contributed by atoms with van der Waals surface area (Å²) in [5.41, 5.74) is 6.58. The number of sulfonamides is 1. The maximum absolute atomic E-state index is 13.6. The number of likely N-dealkylation sites (N-methyl/N-ethyl adjacent to an activating group) is 1. The van der Waals surface area contributed by atoms with Gasteiger partial charge in [0.25, 0.3) is 0 Å². The van der Waals surface area contributed by atoms with Crippen molar-refractivity contribution >= 4 is 33.4 Å². The molecule has 2 saturated heterocycles. The van der Waals surface area contributed by atoms with Gasteiger partial charge in [-0.15, -0.1) is 0 Å². The molecule has 3 aromatic carbocycles. The highest BCUT2D eigenvalue weighted by Crippen LogP contribution is 2.41. The molecule has 3 aliphatic heterocycles. The molecule has 0 spiro atoms. The zero-order valence-corrected chi connectivity index (χ0v) is 33.8. The summed E-state index contributed by atoms with van der Waals surface area (Å²) < 4.78 is 45.3. The fourth-order valence-corrected chi connectivity index (χ4v) is 9.11. The molecule has 0 saturated carbocycles. The molecule has 0 aliphatic carbocycles. The lowest BCUT2D eigenvalue weighted by Crippen LogP contribution is -2.47. The number of ether oxygens (including phenoxy) is 3. The molecule has 0 amide bonds. The second-order valence-corrected chi connectivity index (χ2v) is 16.6. The van der Waals surface area contributed by atoms with Crippen LogP contribution in [0.25, 0.3) is 11.3 Å². The topological polar surface area (TPSA) is 130 Å². The van der Waals surface area contributed by atoms with Crippen molar-refractivity contribution in [3.63, 3.8) is 0 Å². The summed E-state index contributed by atoms with van der Waals surface area (Å²) in [4.78, 5) is 29.2. The number of rotatable bonds is 12. The SMILES string of the molecule is COc1ccc(CN(Cc2ccc(OC)cc2)c2ncc(-c3nc(N4CCOCC4)nc4c3CCN4c3ccc(S(=O)(=O)N4CCN(C)CC4)cc3C)cn2)cc1. The van der Waals surface area contributed by atoms with Gasteiger partial charge in [-0.3, -0.25) is 0 Å². The zero-order chi connectivity index (χ0) is 39.5. The third-order valence-electron chi connectivity index (χ3n) is 10.9. The Balaban J connectivity index is 1.12. The third-order valence-corrected chi connectivity index (χ3v) is 12.8. The number of fused-ring (bicyclic) bond motifs is 1. The fraction of sp³-hybridized carbons (Fsp3) is 0.381. The van der Waals surface area contributed by atoms with E-state index < -0.39 is 10.0 Å². The maximum Gasteiger partial charge on any atom is 0.243 e. The van der Waals surface area contributed by atoms with Crippen molar-refractivity contribution in [1.29, 1.82) is 0 Å². The highest BCUT2D eigenvalue weighted by molar-refractivity contribution is 7.89. The summed E-state index contributed by atoms with van der Waals surface area (Å²) in [6, 6.07) is 21.5. The van der Waals surface area contributed by atoms with Crippen LogP contribution in [0.2, 0.25) is 0 Å². The lowest BCUT2D eigenvalue weighted by Gasteiger charge is -2.32. The number of morpholine rings is 1. The van der Waals surface area contributed by atoms with Gasteiger partial charge in [-0.2, -0.15) is 9.29 Å². The Morgan fingerprint density at radius 2 is 1.39 bits per heavy atom. The Labute approximate surface area is 334 Å². The second kappa shape index (κ2) is 16.6. The van der Waals surface area contributed by atoms with Crippen LogP contribution in [0.5, 0.6) is 11.5 Å². The van der Waals surface area contributed by atoms with Gasteiger partial charge < -0.3 is 33.8 Å². The van der Waals surface area contributed by atoms with E-state index in [0.717, 1.165) is 56.5 Å². The summed E-state index contributed by atoms with van der Waals surface area (Å²) in [6.07, 6.45) is 4.42. The third kappa shape index (κ3) is 8.24. The summed E-state index contributed by atoms with van der Waals surface area (Å²) in [5.74, 6) is 3.62. The van der Waals surface area contributed by atoms with E-state index >= 15 is 0 Å². The lowest BCUT2D eigenvalue weighted by molar-refractivity contribution is 0.122. The van der Waals surface area contributed by atoms with E-state index in [2.05, 4.69) is 43.9 Å². The molecule has 57 heavy (non-hydrogen) atoms. The average molecular weight is 792 g/mol. The molecule has 2 fully saturated rings. The molecule has 5 heterocycles. The number of nitrogens with zero attached hydrogens (tertiary/aromatic N) is 9. The number of benzene rings is 3. The van der Waals surface area contributed by atoms with Gasteiger partial charge in [0, 0.05) is 88.1 Å². The Bertz CT molecular complexity index is 2230. The van der Waals surface area contributed by atoms with Crippen molar-refractivity contribution in [3.8, 4) is 22.8 Å².